The summed E-state index contributed by atoms with van der Waals surface area (Å²) >= 11 is 3.42. The molecule has 5 heteroatoms. The molecule has 2 atom stereocenters. The Kier molecular flexibility index (Phi) is 5.37. The Hall–Kier alpha value is -1.07. The summed E-state index contributed by atoms with van der Waals surface area (Å²) in [4.78, 5) is 12.0. The van der Waals surface area contributed by atoms with Crippen LogP contribution in [-0.2, 0) is 4.79 Å². The van der Waals surface area contributed by atoms with Crippen LogP contribution < -0.4 is 15.4 Å². The van der Waals surface area contributed by atoms with Gasteiger partial charge >= 0.3 is 0 Å². The average molecular weight is 367 g/mol. The van der Waals surface area contributed by atoms with Crippen LogP contribution >= 0.6 is 15.9 Å². The Bertz CT molecular complexity index is 511. The first-order valence-electron chi connectivity index (χ1n) is 8.13. The minimum Gasteiger partial charge on any atom is -0.494 e. The van der Waals surface area contributed by atoms with E-state index in [2.05, 4.69) is 26.6 Å². The molecule has 1 aromatic rings. The normalized spacial score (nSPS) is 26.7. The molecule has 0 aromatic heterocycles. The summed E-state index contributed by atoms with van der Waals surface area (Å²) in [5.74, 6) is 0.994. The molecule has 2 fully saturated rings. The molecule has 120 valence electrons. The largest absolute Gasteiger partial charge is 0.494 e. The highest BCUT2D eigenvalue weighted by molar-refractivity contribution is 9.10. The highest BCUT2D eigenvalue weighted by Crippen LogP contribution is 2.26. The van der Waals surface area contributed by atoms with Crippen molar-refractivity contribution < 1.29 is 9.53 Å². The number of ether oxygens (including phenoxy) is 1. The van der Waals surface area contributed by atoms with Crippen LogP contribution in [0.4, 0.5) is 0 Å². The predicted octanol–water partition coefficient (Wildman–Crippen LogP) is 3.01. The molecule has 0 radical (unpaired) electrons. The first-order valence-corrected chi connectivity index (χ1v) is 8.92. The lowest BCUT2D eigenvalue weighted by molar-refractivity contribution is -0.122. The van der Waals surface area contributed by atoms with Crippen molar-refractivity contribution in [3.05, 3.63) is 28.7 Å². The fourth-order valence-corrected chi connectivity index (χ4v) is 3.83. The van der Waals surface area contributed by atoms with E-state index >= 15 is 0 Å². The van der Waals surface area contributed by atoms with E-state index in [0.29, 0.717) is 31.2 Å². The van der Waals surface area contributed by atoms with E-state index in [1.165, 1.54) is 12.8 Å². The molecular weight excluding hydrogens is 344 g/mol. The lowest BCUT2D eigenvalue weighted by atomic mass is 9.99. The maximum absolute atomic E-state index is 12.0. The topological polar surface area (TPSA) is 50.4 Å². The predicted molar refractivity (Wildman–Crippen MR) is 90.0 cm³/mol. The van der Waals surface area contributed by atoms with E-state index in [4.69, 9.17) is 4.74 Å². The lowest BCUT2D eigenvalue weighted by Gasteiger charge is -2.29. The fourth-order valence-electron chi connectivity index (χ4n) is 3.45. The van der Waals surface area contributed by atoms with Crippen LogP contribution in [0.2, 0.25) is 0 Å². The van der Waals surface area contributed by atoms with Crippen molar-refractivity contribution in [2.75, 3.05) is 6.61 Å². The van der Waals surface area contributed by atoms with Gasteiger partial charge in [0.25, 0.3) is 0 Å². The van der Waals surface area contributed by atoms with Gasteiger partial charge in [-0.3, -0.25) is 4.79 Å². The van der Waals surface area contributed by atoms with E-state index in [-0.39, 0.29) is 5.91 Å². The molecule has 1 amide bonds. The van der Waals surface area contributed by atoms with E-state index < -0.39 is 0 Å². The van der Waals surface area contributed by atoms with Crippen LogP contribution in [-0.4, -0.2) is 30.6 Å². The summed E-state index contributed by atoms with van der Waals surface area (Å²) < 4.78 is 6.65. The Labute approximate surface area is 140 Å². The summed E-state index contributed by atoms with van der Waals surface area (Å²) in [5, 5.41) is 6.78. The van der Waals surface area contributed by atoms with Gasteiger partial charge < -0.3 is 15.4 Å². The molecule has 3 rings (SSSR count). The molecule has 2 heterocycles. The van der Waals surface area contributed by atoms with Gasteiger partial charge in [0, 0.05) is 29.0 Å². The highest BCUT2D eigenvalue weighted by atomic mass is 79.9. The number of carbonyl (C=O) groups excluding carboxylic acids is 1. The van der Waals surface area contributed by atoms with Gasteiger partial charge in [0.15, 0.2) is 0 Å². The Morgan fingerprint density at radius 1 is 1.32 bits per heavy atom. The molecule has 0 saturated carbocycles. The zero-order valence-corrected chi connectivity index (χ0v) is 14.3. The molecule has 2 N–H and O–H groups in total. The van der Waals surface area contributed by atoms with Crippen LogP contribution in [0.25, 0.3) is 0 Å². The van der Waals surface area contributed by atoms with Crippen molar-refractivity contribution in [3.63, 3.8) is 0 Å². The number of piperidine rings is 1. The SMILES string of the molecule is O=C(CCCOc1cccc(Br)c1)NC1CC2CCC(C1)N2. The molecule has 22 heavy (non-hydrogen) atoms. The molecule has 2 bridgehead atoms. The molecule has 2 saturated heterocycles. The Morgan fingerprint density at radius 3 is 2.82 bits per heavy atom. The molecule has 2 aliphatic heterocycles. The van der Waals surface area contributed by atoms with Gasteiger partial charge in [-0.2, -0.15) is 0 Å². The minimum atomic E-state index is 0.157. The van der Waals surface area contributed by atoms with Crippen LogP contribution in [0.15, 0.2) is 28.7 Å². The second-order valence-corrected chi connectivity index (χ2v) is 7.20. The number of carbonyl (C=O) groups is 1. The zero-order chi connectivity index (χ0) is 15.4. The van der Waals surface area contributed by atoms with E-state index in [1.54, 1.807) is 0 Å². The van der Waals surface area contributed by atoms with E-state index in [9.17, 15) is 4.79 Å². The molecule has 4 nitrogen and oxygen atoms in total. The van der Waals surface area contributed by atoms with Gasteiger partial charge in [-0.1, -0.05) is 22.0 Å². The number of amides is 1. The Morgan fingerprint density at radius 2 is 2.09 bits per heavy atom. The molecule has 2 unspecified atom stereocenters. The van der Waals surface area contributed by atoms with Gasteiger partial charge in [0.1, 0.15) is 5.75 Å². The molecule has 0 spiro atoms. The standard InChI is InChI=1S/C17H23BrN2O2/c18-12-3-1-4-16(9-12)22-8-2-5-17(21)20-15-10-13-6-7-14(11-15)19-13/h1,3-4,9,13-15,19H,2,5-8,10-11H2,(H,20,21). The van der Waals surface area contributed by atoms with Crippen molar-refractivity contribution in [2.24, 2.45) is 0 Å². The third-order valence-electron chi connectivity index (χ3n) is 4.45. The Balaban J connectivity index is 1.33. The number of halogens is 1. The van der Waals surface area contributed by atoms with Gasteiger partial charge in [-0.25, -0.2) is 0 Å². The van der Waals surface area contributed by atoms with Crippen molar-refractivity contribution in [3.8, 4) is 5.75 Å². The van der Waals surface area contributed by atoms with Crippen LogP contribution in [0.1, 0.15) is 38.5 Å². The molecule has 0 aliphatic carbocycles. The first-order chi connectivity index (χ1) is 10.7. The van der Waals surface area contributed by atoms with E-state index in [1.807, 2.05) is 24.3 Å². The fraction of sp³-hybridized carbons (Fsp3) is 0.588. The first kappa shape index (κ1) is 15.8. The van der Waals surface area contributed by atoms with Crippen molar-refractivity contribution in [2.45, 2.75) is 56.7 Å². The van der Waals surface area contributed by atoms with Crippen LogP contribution in [0.3, 0.4) is 0 Å². The summed E-state index contributed by atoms with van der Waals surface area (Å²) in [6.07, 6.45) is 5.96. The van der Waals surface area contributed by atoms with Crippen molar-refractivity contribution >= 4 is 21.8 Å². The average Bonchev–Trinajstić information content (AvgIpc) is 2.83. The van der Waals surface area contributed by atoms with E-state index in [0.717, 1.165) is 29.5 Å². The number of hydrogen-bond acceptors (Lipinski definition) is 3. The maximum Gasteiger partial charge on any atom is 0.220 e. The number of rotatable bonds is 6. The van der Waals surface area contributed by atoms with Crippen molar-refractivity contribution in [1.82, 2.24) is 10.6 Å². The summed E-state index contributed by atoms with van der Waals surface area (Å²) in [5.41, 5.74) is 0. The van der Waals surface area contributed by atoms with Crippen LogP contribution in [0, 0.1) is 0 Å². The minimum absolute atomic E-state index is 0.157. The zero-order valence-electron chi connectivity index (χ0n) is 12.7. The third kappa shape index (κ3) is 4.46. The van der Waals surface area contributed by atoms with Gasteiger partial charge in [-0.05, 0) is 50.3 Å². The maximum atomic E-state index is 12.0. The van der Waals surface area contributed by atoms with Crippen molar-refractivity contribution in [1.29, 1.82) is 0 Å². The number of nitrogens with one attached hydrogen (secondary N) is 2. The monoisotopic (exact) mass is 366 g/mol. The summed E-state index contributed by atoms with van der Waals surface area (Å²) in [7, 11) is 0. The highest BCUT2D eigenvalue weighted by Gasteiger charge is 2.33. The molecule has 2 aliphatic rings. The third-order valence-corrected chi connectivity index (χ3v) is 4.94. The molecule has 1 aromatic carbocycles. The second kappa shape index (κ2) is 7.47. The number of hydrogen-bond donors (Lipinski definition) is 2. The second-order valence-electron chi connectivity index (χ2n) is 6.28. The smallest absolute Gasteiger partial charge is 0.220 e. The summed E-state index contributed by atoms with van der Waals surface area (Å²) in [6.45, 7) is 0.571. The van der Waals surface area contributed by atoms with Crippen LogP contribution in [0.5, 0.6) is 5.75 Å². The number of fused-ring (bicyclic) bond motifs is 2. The number of benzene rings is 1. The summed E-state index contributed by atoms with van der Waals surface area (Å²) in [6, 6.07) is 9.36. The van der Waals surface area contributed by atoms with Gasteiger partial charge in [-0.15, -0.1) is 0 Å². The quantitative estimate of drug-likeness (QED) is 0.760. The van der Waals surface area contributed by atoms with Gasteiger partial charge in [0.2, 0.25) is 5.91 Å². The van der Waals surface area contributed by atoms with Gasteiger partial charge in [0.05, 0.1) is 6.61 Å². The lowest BCUT2D eigenvalue weighted by Crippen LogP contribution is -2.48. The molecular formula is C17H23BrN2O2.